The summed E-state index contributed by atoms with van der Waals surface area (Å²) in [6, 6.07) is -0.665. The molecule has 0 spiro atoms. The highest BCUT2D eigenvalue weighted by Crippen LogP contribution is 2.35. The summed E-state index contributed by atoms with van der Waals surface area (Å²) in [5, 5.41) is -0.914. The lowest BCUT2D eigenvalue weighted by molar-refractivity contribution is -0.137. The Morgan fingerprint density at radius 3 is 2.42 bits per heavy atom. The summed E-state index contributed by atoms with van der Waals surface area (Å²) in [4.78, 5) is 11.8. The van der Waals surface area contributed by atoms with Crippen molar-refractivity contribution in [2.75, 3.05) is 0 Å². The molecule has 1 atom stereocenters. The number of thiazole rings is 1. The molecule has 0 amide bonds. The van der Waals surface area contributed by atoms with Gasteiger partial charge in [0, 0.05) is 17.3 Å². The molecule has 0 saturated heterocycles. The lowest BCUT2D eigenvalue weighted by Crippen LogP contribution is -2.29. The molecule has 0 aromatic carbocycles. The largest absolute Gasteiger partial charge is 0.443 e. The minimum Gasteiger partial charge on any atom is -0.270 e. The van der Waals surface area contributed by atoms with Crippen LogP contribution in [0.4, 0.5) is 13.2 Å². The maximum Gasteiger partial charge on any atom is 0.443 e. The van der Waals surface area contributed by atoms with E-state index >= 15 is 0 Å². The first kappa shape index (κ1) is 13.8. The first-order valence-electron chi connectivity index (χ1n) is 5.19. The van der Waals surface area contributed by atoms with Crippen LogP contribution >= 0.6 is 11.3 Å². The van der Waals surface area contributed by atoms with Crippen molar-refractivity contribution in [3.8, 4) is 0 Å². The van der Waals surface area contributed by atoms with E-state index in [1.54, 1.807) is 6.92 Å². The number of nitrogens with two attached hydrogens (primary N) is 1. The summed E-state index contributed by atoms with van der Waals surface area (Å²) in [6.45, 7) is 1.76. The zero-order chi connectivity index (χ0) is 14.0. The van der Waals surface area contributed by atoms with E-state index in [0.29, 0.717) is 27.6 Å². The third-order valence-corrected chi connectivity index (χ3v) is 3.42. The van der Waals surface area contributed by atoms with Crippen molar-refractivity contribution in [3.63, 3.8) is 0 Å². The number of alkyl halides is 3. The van der Waals surface area contributed by atoms with Crippen LogP contribution in [0.1, 0.15) is 27.3 Å². The van der Waals surface area contributed by atoms with Crippen molar-refractivity contribution in [3.05, 3.63) is 39.9 Å². The van der Waals surface area contributed by atoms with Crippen molar-refractivity contribution in [1.29, 1.82) is 0 Å². The molecule has 0 aliphatic rings. The monoisotopic (exact) mass is 289 g/mol. The normalized spacial score (nSPS) is 13.5. The molecule has 9 heteroatoms. The van der Waals surface area contributed by atoms with E-state index in [1.165, 1.54) is 12.4 Å². The van der Waals surface area contributed by atoms with Gasteiger partial charge in [-0.15, -0.1) is 11.3 Å². The van der Waals surface area contributed by atoms with Crippen LogP contribution in [0.2, 0.25) is 0 Å². The molecule has 0 aliphatic carbocycles. The van der Waals surface area contributed by atoms with Crippen LogP contribution in [0.25, 0.3) is 0 Å². The van der Waals surface area contributed by atoms with E-state index in [9.17, 15) is 13.2 Å². The van der Waals surface area contributed by atoms with Crippen molar-refractivity contribution in [1.82, 2.24) is 20.4 Å². The minimum absolute atomic E-state index is 0.327. The van der Waals surface area contributed by atoms with Crippen LogP contribution in [0, 0.1) is 6.92 Å². The fraction of sp³-hybridized carbons (Fsp3) is 0.300. The zero-order valence-electron chi connectivity index (χ0n) is 9.77. The van der Waals surface area contributed by atoms with Crippen molar-refractivity contribution >= 4 is 11.3 Å². The Morgan fingerprint density at radius 2 is 1.95 bits per heavy atom. The predicted molar refractivity (Wildman–Crippen MR) is 63.1 cm³/mol. The fourth-order valence-electron chi connectivity index (χ4n) is 1.42. The van der Waals surface area contributed by atoms with Crippen LogP contribution in [0.3, 0.4) is 0 Å². The van der Waals surface area contributed by atoms with Gasteiger partial charge in [0.2, 0.25) is 0 Å². The van der Waals surface area contributed by atoms with E-state index < -0.39 is 17.2 Å². The van der Waals surface area contributed by atoms with Gasteiger partial charge in [0.05, 0.1) is 17.6 Å². The first-order chi connectivity index (χ1) is 8.91. The molecule has 0 bridgehead atoms. The van der Waals surface area contributed by atoms with E-state index in [2.05, 4.69) is 20.4 Å². The lowest BCUT2D eigenvalue weighted by atomic mass is 10.2. The second-order valence-corrected chi connectivity index (χ2v) is 4.81. The molecular weight excluding hydrogens is 279 g/mol. The molecule has 0 fully saturated rings. The number of hydrogen-bond acceptors (Lipinski definition) is 6. The van der Waals surface area contributed by atoms with Gasteiger partial charge in [0.15, 0.2) is 5.01 Å². The summed E-state index contributed by atoms with van der Waals surface area (Å²) in [5.74, 6) is 5.37. The second kappa shape index (κ2) is 5.19. The Kier molecular flexibility index (Phi) is 3.78. The first-order valence-corrected chi connectivity index (χ1v) is 6.01. The van der Waals surface area contributed by atoms with Crippen LogP contribution in [0.15, 0.2) is 18.6 Å². The number of aromatic nitrogens is 3. The van der Waals surface area contributed by atoms with Gasteiger partial charge >= 0.3 is 6.18 Å². The number of nitrogens with one attached hydrogen (secondary N) is 1. The summed E-state index contributed by atoms with van der Waals surface area (Å²) < 4.78 is 37.5. The Bertz CT molecular complexity index is 551. The molecular formula is C10H10F3N5S. The molecule has 19 heavy (non-hydrogen) atoms. The van der Waals surface area contributed by atoms with Gasteiger partial charge < -0.3 is 0 Å². The number of hydrazine groups is 1. The Morgan fingerprint density at radius 1 is 1.21 bits per heavy atom. The van der Waals surface area contributed by atoms with Gasteiger partial charge in [-0.05, 0) is 6.92 Å². The van der Waals surface area contributed by atoms with Crippen LogP contribution in [-0.2, 0) is 6.18 Å². The predicted octanol–water partition coefficient (Wildman–Crippen LogP) is 1.81. The van der Waals surface area contributed by atoms with Gasteiger partial charge in [-0.1, -0.05) is 0 Å². The van der Waals surface area contributed by atoms with E-state index in [1.807, 2.05) is 0 Å². The molecule has 1 unspecified atom stereocenters. The molecule has 2 aromatic rings. The van der Waals surface area contributed by atoms with Crippen LogP contribution in [-0.4, -0.2) is 15.0 Å². The highest BCUT2D eigenvalue weighted by Gasteiger charge is 2.35. The average Bonchev–Trinajstić information content (AvgIpc) is 2.82. The Hall–Kier alpha value is -1.58. The number of hydrogen-bond donors (Lipinski definition) is 2. The van der Waals surface area contributed by atoms with Gasteiger partial charge in [-0.3, -0.25) is 15.8 Å². The molecule has 2 aromatic heterocycles. The topological polar surface area (TPSA) is 76.7 Å². The molecule has 5 nitrogen and oxygen atoms in total. The number of nitrogens with zero attached hydrogens (tertiary/aromatic N) is 3. The number of halogens is 3. The summed E-state index contributed by atoms with van der Waals surface area (Å²) in [6.07, 6.45) is -0.335. The third kappa shape index (κ3) is 3.06. The SMILES string of the molecule is Cc1cnc(C(NN)c2cnc(C(F)(F)F)s2)cn1. The fourth-order valence-corrected chi connectivity index (χ4v) is 2.27. The van der Waals surface area contributed by atoms with Gasteiger partial charge in [-0.2, -0.15) is 13.2 Å². The smallest absolute Gasteiger partial charge is 0.270 e. The maximum atomic E-state index is 12.5. The minimum atomic E-state index is -4.46. The van der Waals surface area contributed by atoms with Crippen LogP contribution < -0.4 is 11.3 Å². The molecule has 0 radical (unpaired) electrons. The van der Waals surface area contributed by atoms with Gasteiger partial charge in [0.25, 0.3) is 0 Å². The van der Waals surface area contributed by atoms with Crippen molar-refractivity contribution < 1.29 is 13.2 Å². The lowest BCUT2D eigenvalue weighted by Gasteiger charge is -2.12. The van der Waals surface area contributed by atoms with Gasteiger partial charge in [0.1, 0.15) is 6.04 Å². The van der Waals surface area contributed by atoms with E-state index in [-0.39, 0.29) is 0 Å². The molecule has 2 rings (SSSR count). The van der Waals surface area contributed by atoms with Crippen LogP contribution in [0.5, 0.6) is 0 Å². The summed E-state index contributed by atoms with van der Waals surface area (Å²) in [7, 11) is 0. The highest BCUT2D eigenvalue weighted by molar-refractivity contribution is 7.11. The Balaban J connectivity index is 2.32. The summed E-state index contributed by atoms with van der Waals surface area (Å²) in [5.41, 5.74) is 3.56. The second-order valence-electron chi connectivity index (χ2n) is 3.75. The molecule has 3 N–H and O–H groups in total. The highest BCUT2D eigenvalue weighted by atomic mass is 32.1. The van der Waals surface area contributed by atoms with Crippen molar-refractivity contribution in [2.24, 2.45) is 5.84 Å². The van der Waals surface area contributed by atoms with Gasteiger partial charge in [-0.25, -0.2) is 10.4 Å². The maximum absolute atomic E-state index is 12.5. The third-order valence-electron chi connectivity index (χ3n) is 2.31. The van der Waals surface area contributed by atoms with E-state index in [4.69, 9.17) is 5.84 Å². The average molecular weight is 289 g/mol. The number of aryl methyl sites for hydroxylation is 1. The molecule has 0 aliphatic heterocycles. The zero-order valence-corrected chi connectivity index (χ0v) is 10.6. The number of rotatable bonds is 3. The van der Waals surface area contributed by atoms with E-state index in [0.717, 1.165) is 6.20 Å². The molecule has 2 heterocycles. The molecule has 102 valence electrons. The summed E-state index contributed by atoms with van der Waals surface area (Å²) >= 11 is 0.525. The Labute approximate surface area is 110 Å². The standard InChI is InChI=1S/C10H10F3N5S/c1-5-2-16-6(3-15-5)8(18-14)7-4-17-9(19-7)10(11,12)13/h2-4,8,18H,14H2,1H3. The van der Waals surface area contributed by atoms with Crippen molar-refractivity contribution in [2.45, 2.75) is 19.1 Å². The molecule has 0 saturated carbocycles. The quantitative estimate of drug-likeness (QED) is 0.665.